The van der Waals surface area contributed by atoms with Crippen molar-refractivity contribution >= 4 is 0 Å². The van der Waals surface area contributed by atoms with Crippen LogP contribution in [0.1, 0.15) is 26.2 Å². The van der Waals surface area contributed by atoms with E-state index in [1.165, 1.54) is 32.4 Å². The molecule has 0 N–H and O–H groups in total. The summed E-state index contributed by atoms with van der Waals surface area (Å²) in [6.07, 6.45) is 8.54. The third kappa shape index (κ3) is 3.92. The smallest absolute Gasteiger partial charge is 0.0584 e. The Labute approximate surface area is 81.6 Å². The lowest BCUT2D eigenvalue weighted by molar-refractivity contribution is 0.0901. The van der Waals surface area contributed by atoms with Gasteiger partial charge in [-0.2, -0.15) is 0 Å². The normalized spacial score (nSPS) is 26.5. The first kappa shape index (κ1) is 10.7. The molecule has 1 atom stereocenters. The van der Waals surface area contributed by atoms with Crippen LogP contribution in [0.25, 0.3) is 0 Å². The fourth-order valence-corrected chi connectivity index (χ4v) is 1.80. The van der Waals surface area contributed by atoms with E-state index >= 15 is 0 Å². The van der Waals surface area contributed by atoms with Crippen LogP contribution in [0, 0.1) is 0 Å². The zero-order valence-electron chi connectivity index (χ0n) is 8.83. The molecule has 2 nitrogen and oxygen atoms in total. The number of hydrogen-bond donors (Lipinski definition) is 0. The van der Waals surface area contributed by atoms with E-state index in [9.17, 15) is 0 Å². The minimum Gasteiger partial charge on any atom is -0.381 e. The van der Waals surface area contributed by atoms with Gasteiger partial charge in [-0.25, -0.2) is 0 Å². The van der Waals surface area contributed by atoms with Crippen molar-refractivity contribution in [1.29, 1.82) is 0 Å². The Balaban J connectivity index is 2.27. The first-order valence-electron chi connectivity index (χ1n) is 5.23. The molecule has 1 rings (SSSR count). The minimum atomic E-state index is 0.496. The van der Waals surface area contributed by atoms with Crippen molar-refractivity contribution < 1.29 is 4.74 Å². The second-order valence-electron chi connectivity index (χ2n) is 3.66. The van der Waals surface area contributed by atoms with E-state index in [1.807, 2.05) is 7.11 Å². The summed E-state index contributed by atoms with van der Waals surface area (Å²) in [7, 11) is 1.83. The highest BCUT2D eigenvalue weighted by molar-refractivity contribution is 4.82. The summed E-state index contributed by atoms with van der Waals surface area (Å²) in [6.45, 7) is 5.59. The van der Waals surface area contributed by atoms with E-state index in [2.05, 4.69) is 24.0 Å². The average Bonchev–Trinajstić information content (AvgIpc) is 2.39. The summed E-state index contributed by atoms with van der Waals surface area (Å²) >= 11 is 0. The molecule has 0 radical (unpaired) electrons. The molecule has 1 heterocycles. The van der Waals surface area contributed by atoms with Gasteiger partial charge in [0.25, 0.3) is 0 Å². The molecule has 1 aliphatic heterocycles. The van der Waals surface area contributed by atoms with E-state index < -0.39 is 0 Å². The van der Waals surface area contributed by atoms with Gasteiger partial charge in [-0.15, -0.1) is 0 Å². The summed E-state index contributed by atoms with van der Waals surface area (Å²) < 4.78 is 5.38. The molecule has 0 aromatic heterocycles. The lowest BCUT2D eigenvalue weighted by Gasteiger charge is -2.17. The number of nitrogens with zero attached hydrogens (tertiary/aromatic N) is 1. The Morgan fingerprint density at radius 3 is 2.92 bits per heavy atom. The van der Waals surface area contributed by atoms with Gasteiger partial charge in [-0.05, 0) is 32.7 Å². The SMILES string of the molecule is C/C=C/CN1CCCC(OC)CC1. The predicted molar refractivity (Wildman–Crippen MR) is 55.9 cm³/mol. The van der Waals surface area contributed by atoms with Crippen LogP contribution in [0.3, 0.4) is 0 Å². The average molecular weight is 183 g/mol. The number of rotatable bonds is 3. The Bertz CT molecular complexity index is 156. The van der Waals surface area contributed by atoms with Crippen molar-refractivity contribution in [2.75, 3.05) is 26.7 Å². The Kier molecular flexibility index (Phi) is 5.09. The summed E-state index contributed by atoms with van der Waals surface area (Å²) in [5.74, 6) is 0. The van der Waals surface area contributed by atoms with Crippen LogP contribution in [0.15, 0.2) is 12.2 Å². The molecule has 0 bridgehead atoms. The third-order valence-electron chi connectivity index (χ3n) is 2.70. The molecule has 1 saturated heterocycles. The lowest BCUT2D eigenvalue weighted by atomic mass is 10.2. The number of ether oxygens (including phenoxy) is 1. The van der Waals surface area contributed by atoms with Gasteiger partial charge >= 0.3 is 0 Å². The molecule has 0 spiro atoms. The molecule has 1 unspecified atom stereocenters. The molecule has 13 heavy (non-hydrogen) atoms. The van der Waals surface area contributed by atoms with Gasteiger partial charge in [0, 0.05) is 20.2 Å². The summed E-state index contributed by atoms with van der Waals surface area (Å²) in [5.41, 5.74) is 0. The Morgan fingerprint density at radius 2 is 2.23 bits per heavy atom. The van der Waals surface area contributed by atoms with Crippen molar-refractivity contribution in [3.8, 4) is 0 Å². The van der Waals surface area contributed by atoms with E-state index in [4.69, 9.17) is 4.74 Å². The molecule has 2 heteroatoms. The van der Waals surface area contributed by atoms with E-state index in [-0.39, 0.29) is 0 Å². The van der Waals surface area contributed by atoms with Gasteiger partial charge in [0.2, 0.25) is 0 Å². The molecular weight excluding hydrogens is 162 g/mol. The van der Waals surface area contributed by atoms with Crippen LogP contribution in [-0.2, 0) is 4.74 Å². The number of allylic oxidation sites excluding steroid dienone is 1. The molecule has 0 aromatic carbocycles. The maximum Gasteiger partial charge on any atom is 0.0584 e. The Hall–Kier alpha value is -0.340. The standard InChI is InChI=1S/C11H21NO/c1-3-4-8-12-9-5-6-11(13-2)7-10-12/h3-4,11H,5-10H2,1-2H3/b4-3+. The lowest BCUT2D eigenvalue weighted by Crippen LogP contribution is -2.25. The molecule has 0 aliphatic carbocycles. The zero-order valence-corrected chi connectivity index (χ0v) is 8.83. The number of methoxy groups -OCH3 is 1. The fraction of sp³-hybridized carbons (Fsp3) is 0.818. The van der Waals surface area contributed by atoms with Gasteiger partial charge in [-0.1, -0.05) is 12.2 Å². The molecular formula is C11H21NO. The van der Waals surface area contributed by atoms with Gasteiger partial charge < -0.3 is 4.74 Å². The van der Waals surface area contributed by atoms with Gasteiger partial charge in [0.15, 0.2) is 0 Å². The summed E-state index contributed by atoms with van der Waals surface area (Å²) in [6, 6.07) is 0. The van der Waals surface area contributed by atoms with E-state index in [0.717, 1.165) is 6.54 Å². The zero-order chi connectivity index (χ0) is 9.52. The van der Waals surface area contributed by atoms with Gasteiger partial charge in [0.05, 0.1) is 6.10 Å². The highest BCUT2D eigenvalue weighted by atomic mass is 16.5. The summed E-state index contributed by atoms with van der Waals surface area (Å²) in [4.78, 5) is 2.50. The maximum absolute atomic E-state index is 5.38. The van der Waals surface area contributed by atoms with Crippen molar-refractivity contribution in [3.63, 3.8) is 0 Å². The molecule has 1 fully saturated rings. The minimum absolute atomic E-state index is 0.496. The van der Waals surface area contributed by atoms with E-state index in [0.29, 0.717) is 6.10 Å². The second kappa shape index (κ2) is 6.17. The monoisotopic (exact) mass is 183 g/mol. The largest absolute Gasteiger partial charge is 0.381 e. The molecule has 1 aliphatic rings. The quantitative estimate of drug-likeness (QED) is 0.621. The van der Waals surface area contributed by atoms with Gasteiger partial charge in [-0.3, -0.25) is 4.90 Å². The van der Waals surface area contributed by atoms with Gasteiger partial charge in [0.1, 0.15) is 0 Å². The van der Waals surface area contributed by atoms with Crippen LogP contribution < -0.4 is 0 Å². The van der Waals surface area contributed by atoms with Crippen molar-refractivity contribution in [2.45, 2.75) is 32.3 Å². The summed E-state index contributed by atoms with van der Waals surface area (Å²) in [5, 5.41) is 0. The van der Waals surface area contributed by atoms with Crippen molar-refractivity contribution in [3.05, 3.63) is 12.2 Å². The molecule has 0 saturated carbocycles. The predicted octanol–water partition coefficient (Wildman–Crippen LogP) is 2.06. The maximum atomic E-state index is 5.38. The van der Waals surface area contributed by atoms with Crippen LogP contribution >= 0.6 is 0 Å². The molecule has 0 aromatic rings. The Morgan fingerprint density at radius 1 is 1.38 bits per heavy atom. The third-order valence-corrected chi connectivity index (χ3v) is 2.70. The van der Waals surface area contributed by atoms with E-state index in [1.54, 1.807) is 0 Å². The molecule has 0 amide bonds. The van der Waals surface area contributed by atoms with Crippen molar-refractivity contribution in [1.82, 2.24) is 4.90 Å². The fourth-order valence-electron chi connectivity index (χ4n) is 1.80. The highest BCUT2D eigenvalue weighted by Crippen LogP contribution is 2.12. The van der Waals surface area contributed by atoms with Crippen LogP contribution in [0.4, 0.5) is 0 Å². The van der Waals surface area contributed by atoms with Crippen LogP contribution in [-0.4, -0.2) is 37.7 Å². The molecule has 76 valence electrons. The number of hydrogen-bond acceptors (Lipinski definition) is 2. The van der Waals surface area contributed by atoms with Crippen molar-refractivity contribution in [2.24, 2.45) is 0 Å². The highest BCUT2D eigenvalue weighted by Gasteiger charge is 2.14. The second-order valence-corrected chi connectivity index (χ2v) is 3.66. The topological polar surface area (TPSA) is 12.5 Å². The van der Waals surface area contributed by atoms with Crippen LogP contribution in [0.2, 0.25) is 0 Å². The number of likely N-dealkylation sites (tertiary alicyclic amines) is 1. The van der Waals surface area contributed by atoms with Crippen LogP contribution in [0.5, 0.6) is 0 Å². The first-order valence-corrected chi connectivity index (χ1v) is 5.23. The first-order chi connectivity index (χ1) is 6.36.